The lowest BCUT2D eigenvalue weighted by molar-refractivity contribution is -0.113. The predicted molar refractivity (Wildman–Crippen MR) is 109 cm³/mol. The van der Waals surface area contributed by atoms with E-state index in [-0.39, 0.29) is 11.6 Å². The Labute approximate surface area is 156 Å². The first kappa shape index (κ1) is 16.7. The lowest BCUT2D eigenvalue weighted by Gasteiger charge is -2.14. The lowest BCUT2D eigenvalue weighted by atomic mass is 9.88. The molecule has 0 amide bonds. The molecule has 0 fully saturated rings. The molecule has 0 aliphatic heterocycles. The zero-order valence-corrected chi connectivity index (χ0v) is 14.6. The number of allylic oxidation sites excluding steroid dienone is 4. The van der Waals surface area contributed by atoms with Crippen LogP contribution in [0.2, 0.25) is 0 Å². The Hall–Kier alpha value is -3.72. The Bertz CT molecular complexity index is 1130. The molecule has 0 spiro atoms. The molecular formula is C24H17NO2. The van der Waals surface area contributed by atoms with E-state index in [0.717, 1.165) is 27.1 Å². The monoisotopic (exact) mass is 351 g/mol. The van der Waals surface area contributed by atoms with Crippen LogP contribution in [0.3, 0.4) is 0 Å². The predicted octanol–water partition coefficient (Wildman–Crippen LogP) is 5.10. The minimum absolute atomic E-state index is 0.124. The minimum atomic E-state index is -0.147. The summed E-state index contributed by atoms with van der Waals surface area (Å²) in [6, 6.07) is 21.9. The van der Waals surface area contributed by atoms with Gasteiger partial charge in [0.15, 0.2) is 11.6 Å². The van der Waals surface area contributed by atoms with Crippen molar-refractivity contribution in [2.24, 2.45) is 0 Å². The highest BCUT2D eigenvalue weighted by Gasteiger charge is 2.19. The maximum Gasteiger partial charge on any atom is 0.186 e. The summed E-state index contributed by atoms with van der Waals surface area (Å²) in [6.45, 7) is 0. The number of ketones is 2. The number of H-pyrrole nitrogens is 1. The van der Waals surface area contributed by atoms with Gasteiger partial charge in [-0.2, -0.15) is 0 Å². The molecule has 1 aliphatic carbocycles. The number of rotatable bonds is 1. The SMILES string of the molecule is O=C1C=CC(=O)C(c2c3ccccc3cc3ccccc23)=C1.c1cc[nH]c1. The van der Waals surface area contributed by atoms with Crippen molar-refractivity contribution in [1.29, 1.82) is 0 Å². The maximum absolute atomic E-state index is 12.3. The number of carbonyl (C=O) groups is 2. The van der Waals surface area contributed by atoms with Crippen LogP contribution >= 0.6 is 0 Å². The quantitative estimate of drug-likeness (QED) is 0.383. The van der Waals surface area contributed by atoms with Gasteiger partial charge in [0, 0.05) is 23.5 Å². The average molecular weight is 351 g/mol. The van der Waals surface area contributed by atoms with Crippen LogP contribution < -0.4 is 0 Å². The molecule has 3 heteroatoms. The van der Waals surface area contributed by atoms with E-state index < -0.39 is 0 Å². The van der Waals surface area contributed by atoms with Crippen LogP contribution in [-0.4, -0.2) is 16.6 Å². The van der Waals surface area contributed by atoms with Crippen LogP contribution in [0.25, 0.3) is 27.1 Å². The Morgan fingerprint density at radius 2 is 1.26 bits per heavy atom. The summed E-state index contributed by atoms with van der Waals surface area (Å²) in [5.41, 5.74) is 1.32. The Morgan fingerprint density at radius 3 is 1.81 bits per heavy atom. The second-order valence-corrected chi connectivity index (χ2v) is 6.24. The van der Waals surface area contributed by atoms with E-state index in [1.54, 1.807) is 0 Å². The fraction of sp³-hybridized carbons (Fsp3) is 0. The molecule has 130 valence electrons. The normalized spacial score (nSPS) is 13.4. The Kier molecular flexibility index (Phi) is 4.50. The third-order valence-corrected chi connectivity index (χ3v) is 4.49. The van der Waals surface area contributed by atoms with Gasteiger partial charge in [0.1, 0.15) is 0 Å². The molecule has 27 heavy (non-hydrogen) atoms. The van der Waals surface area contributed by atoms with Gasteiger partial charge in [-0.05, 0) is 58.0 Å². The van der Waals surface area contributed by atoms with Gasteiger partial charge in [0.05, 0.1) is 0 Å². The first-order valence-corrected chi connectivity index (χ1v) is 8.71. The van der Waals surface area contributed by atoms with Crippen LogP contribution in [0.4, 0.5) is 0 Å². The third kappa shape index (κ3) is 3.35. The molecule has 0 atom stereocenters. The first-order chi connectivity index (χ1) is 13.2. The van der Waals surface area contributed by atoms with E-state index in [1.807, 2.05) is 73.1 Å². The van der Waals surface area contributed by atoms with Gasteiger partial charge in [-0.3, -0.25) is 9.59 Å². The number of hydrogen-bond acceptors (Lipinski definition) is 2. The highest BCUT2D eigenvalue weighted by Crippen LogP contribution is 2.34. The Balaban J connectivity index is 0.000000314. The van der Waals surface area contributed by atoms with Gasteiger partial charge in [-0.15, -0.1) is 0 Å². The number of nitrogens with one attached hydrogen (secondary N) is 1. The van der Waals surface area contributed by atoms with Crippen LogP contribution in [0.1, 0.15) is 5.56 Å². The zero-order valence-electron chi connectivity index (χ0n) is 14.6. The number of benzene rings is 3. The molecule has 0 unspecified atom stereocenters. The zero-order chi connectivity index (χ0) is 18.6. The van der Waals surface area contributed by atoms with E-state index in [1.165, 1.54) is 18.2 Å². The van der Waals surface area contributed by atoms with Gasteiger partial charge in [0.25, 0.3) is 0 Å². The van der Waals surface area contributed by atoms with Gasteiger partial charge in [0.2, 0.25) is 0 Å². The van der Waals surface area contributed by atoms with E-state index in [0.29, 0.717) is 5.57 Å². The highest BCUT2D eigenvalue weighted by molar-refractivity contribution is 6.37. The van der Waals surface area contributed by atoms with Gasteiger partial charge >= 0.3 is 0 Å². The molecule has 1 aromatic heterocycles. The second-order valence-electron chi connectivity index (χ2n) is 6.24. The van der Waals surface area contributed by atoms with E-state index in [2.05, 4.69) is 11.1 Å². The Morgan fingerprint density at radius 1 is 0.667 bits per heavy atom. The number of hydrogen-bond donors (Lipinski definition) is 1. The van der Waals surface area contributed by atoms with Crippen molar-refractivity contribution < 1.29 is 9.59 Å². The lowest BCUT2D eigenvalue weighted by Crippen LogP contribution is -2.07. The van der Waals surface area contributed by atoms with Crippen molar-refractivity contribution >= 4 is 38.7 Å². The average Bonchev–Trinajstić information content (AvgIpc) is 3.28. The molecule has 4 aromatic rings. The van der Waals surface area contributed by atoms with Gasteiger partial charge < -0.3 is 4.98 Å². The standard InChI is InChI=1S/C20H12O2.C4H5N/c21-15-9-10-19(22)18(12-15)20-16-7-3-1-5-13(16)11-14-6-2-4-8-17(14)20;1-2-4-5-3-1/h1-12H;1-5H. The number of aromatic nitrogens is 1. The van der Waals surface area contributed by atoms with E-state index >= 15 is 0 Å². The van der Waals surface area contributed by atoms with Crippen LogP contribution in [0.15, 0.2) is 97.4 Å². The highest BCUT2D eigenvalue weighted by atomic mass is 16.1. The fourth-order valence-electron chi connectivity index (χ4n) is 3.29. The molecular weight excluding hydrogens is 334 g/mol. The van der Waals surface area contributed by atoms with Crippen molar-refractivity contribution in [1.82, 2.24) is 4.98 Å². The van der Waals surface area contributed by atoms with Gasteiger partial charge in [-0.25, -0.2) is 0 Å². The number of carbonyl (C=O) groups excluding carboxylic acids is 2. The molecule has 0 saturated carbocycles. The summed E-state index contributed by atoms with van der Waals surface area (Å²) in [5, 5.41) is 4.10. The largest absolute Gasteiger partial charge is 0.368 e. The van der Waals surface area contributed by atoms with Crippen molar-refractivity contribution in [3.8, 4) is 0 Å². The van der Waals surface area contributed by atoms with Crippen LogP contribution in [0, 0.1) is 0 Å². The summed E-state index contributed by atoms with van der Waals surface area (Å²) < 4.78 is 0. The smallest absolute Gasteiger partial charge is 0.186 e. The summed E-state index contributed by atoms with van der Waals surface area (Å²) >= 11 is 0. The summed E-state index contributed by atoms with van der Waals surface area (Å²) in [4.78, 5) is 26.9. The van der Waals surface area contributed by atoms with E-state index in [9.17, 15) is 9.59 Å². The fourth-order valence-corrected chi connectivity index (χ4v) is 3.29. The summed E-state index contributed by atoms with van der Waals surface area (Å²) in [5.74, 6) is -0.271. The summed E-state index contributed by atoms with van der Waals surface area (Å²) in [7, 11) is 0. The second kappa shape index (κ2) is 7.26. The van der Waals surface area contributed by atoms with Crippen molar-refractivity contribution in [3.63, 3.8) is 0 Å². The van der Waals surface area contributed by atoms with Crippen molar-refractivity contribution in [2.45, 2.75) is 0 Å². The molecule has 1 aliphatic rings. The molecule has 0 bridgehead atoms. The van der Waals surface area contributed by atoms with Gasteiger partial charge in [-0.1, -0.05) is 48.5 Å². The number of aromatic amines is 1. The molecule has 0 radical (unpaired) electrons. The maximum atomic E-state index is 12.3. The number of fused-ring (bicyclic) bond motifs is 2. The van der Waals surface area contributed by atoms with Crippen molar-refractivity contribution in [3.05, 3.63) is 103 Å². The molecule has 1 heterocycles. The molecule has 5 rings (SSSR count). The first-order valence-electron chi connectivity index (χ1n) is 8.71. The van der Waals surface area contributed by atoms with Crippen LogP contribution in [-0.2, 0) is 9.59 Å². The van der Waals surface area contributed by atoms with Crippen molar-refractivity contribution in [2.75, 3.05) is 0 Å². The third-order valence-electron chi connectivity index (χ3n) is 4.49. The molecule has 0 saturated heterocycles. The minimum Gasteiger partial charge on any atom is -0.368 e. The van der Waals surface area contributed by atoms with Crippen LogP contribution in [0.5, 0.6) is 0 Å². The topological polar surface area (TPSA) is 49.9 Å². The molecule has 3 aromatic carbocycles. The molecule has 1 N–H and O–H groups in total. The summed E-state index contributed by atoms with van der Waals surface area (Å²) in [6.07, 6.45) is 7.86. The van der Waals surface area contributed by atoms with E-state index in [4.69, 9.17) is 0 Å². The molecule has 3 nitrogen and oxygen atoms in total.